The van der Waals surface area contributed by atoms with Crippen LogP contribution in [0.1, 0.15) is 17.3 Å². The first kappa shape index (κ1) is 14.1. The van der Waals surface area contributed by atoms with Gasteiger partial charge in [0, 0.05) is 30.2 Å². The molecule has 1 fully saturated rings. The molecule has 0 radical (unpaired) electrons. The minimum atomic E-state index is -0.890. The third kappa shape index (κ3) is 2.94. The molecular weight excluding hydrogens is 268 g/mol. The van der Waals surface area contributed by atoms with Gasteiger partial charge in [0.25, 0.3) is 0 Å². The van der Waals surface area contributed by atoms with Crippen molar-refractivity contribution < 1.29 is 14.6 Å². The van der Waals surface area contributed by atoms with Crippen LogP contribution in [0.2, 0.25) is 0 Å². The largest absolute Gasteiger partial charge is 0.478 e. The maximum Gasteiger partial charge on any atom is 0.335 e. The third-order valence-corrected chi connectivity index (χ3v) is 4.09. The molecule has 5 heteroatoms. The Morgan fingerprint density at radius 3 is 3.05 bits per heavy atom. The van der Waals surface area contributed by atoms with Crippen LogP contribution in [0, 0.1) is 0 Å². The first-order valence-corrected chi connectivity index (χ1v) is 7.33. The van der Waals surface area contributed by atoms with E-state index < -0.39 is 5.97 Å². The highest BCUT2D eigenvalue weighted by molar-refractivity contribution is 5.93. The Hall–Kier alpha value is -1.85. The predicted octanol–water partition coefficient (Wildman–Crippen LogP) is 2.06. The molecule has 0 bridgehead atoms. The summed E-state index contributed by atoms with van der Waals surface area (Å²) in [6.07, 6.45) is 2.19. The smallest absolute Gasteiger partial charge is 0.335 e. The molecule has 3 rings (SSSR count). The number of ether oxygens (including phenoxy) is 1. The molecule has 1 aliphatic heterocycles. The van der Waals surface area contributed by atoms with Gasteiger partial charge < -0.3 is 14.4 Å². The number of likely N-dealkylation sites (N-methyl/N-ethyl adjacent to an activating group) is 1. The van der Waals surface area contributed by atoms with Crippen LogP contribution in [0.15, 0.2) is 30.5 Å². The number of fused-ring (bicyclic) bond motifs is 1. The zero-order chi connectivity index (χ0) is 14.8. The van der Waals surface area contributed by atoms with E-state index in [1.807, 2.05) is 18.3 Å². The Labute approximate surface area is 123 Å². The van der Waals surface area contributed by atoms with Crippen molar-refractivity contribution in [2.45, 2.75) is 19.6 Å². The fourth-order valence-corrected chi connectivity index (χ4v) is 2.89. The highest BCUT2D eigenvalue weighted by Crippen LogP contribution is 2.19. The van der Waals surface area contributed by atoms with Crippen LogP contribution in [0.4, 0.5) is 0 Å². The molecule has 2 aromatic rings. The lowest BCUT2D eigenvalue weighted by molar-refractivity contribution is -0.0337. The van der Waals surface area contributed by atoms with Gasteiger partial charge in [-0.1, -0.05) is 6.92 Å². The summed E-state index contributed by atoms with van der Waals surface area (Å²) in [5.41, 5.74) is 1.38. The summed E-state index contributed by atoms with van der Waals surface area (Å²) in [6, 6.07) is 7.21. The number of hydrogen-bond acceptors (Lipinski definition) is 3. The minimum Gasteiger partial charge on any atom is -0.478 e. The molecule has 0 aliphatic carbocycles. The molecule has 0 amide bonds. The summed E-state index contributed by atoms with van der Waals surface area (Å²) in [4.78, 5) is 13.4. The molecule has 21 heavy (non-hydrogen) atoms. The maximum absolute atomic E-state index is 11.0. The number of carbonyl (C=O) groups is 1. The summed E-state index contributed by atoms with van der Waals surface area (Å²) in [7, 11) is 0. The molecule has 0 saturated carbocycles. The molecule has 1 N–H and O–H groups in total. The number of benzene rings is 1. The zero-order valence-electron chi connectivity index (χ0n) is 12.2. The molecule has 1 saturated heterocycles. The maximum atomic E-state index is 11.0. The van der Waals surface area contributed by atoms with Gasteiger partial charge in [0.2, 0.25) is 0 Å². The molecule has 2 heterocycles. The van der Waals surface area contributed by atoms with Crippen LogP contribution in [-0.2, 0) is 11.3 Å². The van der Waals surface area contributed by atoms with E-state index in [9.17, 15) is 4.79 Å². The van der Waals surface area contributed by atoms with Crippen molar-refractivity contribution in [2.75, 3.05) is 26.2 Å². The molecule has 1 aromatic heterocycles. The number of aromatic carboxylic acids is 1. The van der Waals surface area contributed by atoms with E-state index >= 15 is 0 Å². The number of hydrogen-bond donors (Lipinski definition) is 1. The number of morpholine rings is 1. The van der Waals surface area contributed by atoms with Gasteiger partial charge in [-0.3, -0.25) is 4.90 Å². The van der Waals surface area contributed by atoms with Gasteiger partial charge in [0.05, 0.1) is 24.8 Å². The lowest BCUT2D eigenvalue weighted by Gasteiger charge is -2.32. The van der Waals surface area contributed by atoms with Crippen molar-refractivity contribution in [3.63, 3.8) is 0 Å². The second kappa shape index (κ2) is 5.87. The van der Waals surface area contributed by atoms with E-state index in [0.29, 0.717) is 5.56 Å². The predicted molar refractivity (Wildman–Crippen MR) is 80.8 cm³/mol. The van der Waals surface area contributed by atoms with Crippen LogP contribution in [0.3, 0.4) is 0 Å². The summed E-state index contributed by atoms with van der Waals surface area (Å²) in [6.45, 7) is 6.74. The SMILES string of the molecule is CCN1CCOC(Cn2ccc3cc(C(=O)O)ccc32)C1. The van der Waals surface area contributed by atoms with E-state index in [0.717, 1.165) is 43.7 Å². The number of nitrogens with zero attached hydrogens (tertiary/aromatic N) is 2. The second-order valence-corrected chi connectivity index (χ2v) is 5.43. The zero-order valence-corrected chi connectivity index (χ0v) is 12.2. The van der Waals surface area contributed by atoms with E-state index in [1.165, 1.54) is 0 Å². The van der Waals surface area contributed by atoms with Crippen LogP contribution < -0.4 is 0 Å². The Morgan fingerprint density at radius 1 is 1.43 bits per heavy atom. The van der Waals surface area contributed by atoms with Crippen LogP contribution >= 0.6 is 0 Å². The van der Waals surface area contributed by atoms with Gasteiger partial charge in [0.15, 0.2) is 0 Å². The van der Waals surface area contributed by atoms with Gasteiger partial charge in [-0.25, -0.2) is 4.79 Å². The molecule has 112 valence electrons. The van der Waals surface area contributed by atoms with Crippen molar-refractivity contribution >= 4 is 16.9 Å². The molecule has 1 atom stereocenters. The summed E-state index contributed by atoms with van der Waals surface area (Å²) in [5, 5.41) is 9.99. The molecular formula is C16H20N2O3. The molecule has 1 unspecified atom stereocenters. The first-order valence-electron chi connectivity index (χ1n) is 7.33. The van der Waals surface area contributed by atoms with E-state index in [2.05, 4.69) is 16.4 Å². The fourth-order valence-electron chi connectivity index (χ4n) is 2.89. The second-order valence-electron chi connectivity index (χ2n) is 5.43. The van der Waals surface area contributed by atoms with E-state index in [1.54, 1.807) is 12.1 Å². The molecule has 1 aliphatic rings. The Morgan fingerprint density at radius 2 is 2.29 bits per heavy atom. The first-order chi connectivity index (χ1) is 10.2. The van der Waals surface area contributed by atoms with Crippen LogP contribution in [0.5, 0.6) is 0 Å². The van der Waals surface area contributed by atoms with Crippen LogP contribution in [-0.4, -0.2) is 52.9 Å². The third-order valence-electron chi connectivity index (χ3n) is 4.09. The van der Waals surface area contributed by atoms with Gasteiger partial charge in [0.1, 0.15) is 0 Å². The summed E-state index contributed by atoms with van der Waals surface area (Å²) < 4.78 is 7.98. The van der Waals surface area contributed by atoms with Crippen molar-refractivity contribution in [2.24, 2.45) is 0 Å². The topological polar surface area (TPSA) is 54.7 Å². The average Bonchev–Trinajstić information content (AvgIpc) is 2.90. The van der Waals surface area contributed by atoms with Crippen molar-refractivity contribution in [3.05, 3.63) is 36.0 Å². The van der Waals surface area contributed by atoms with Crippen molar-refractivity contribution in [1.29, 1.82) is 0 Å². The number of aromatic nitrogens is 1. The van der Waals surface area contributed by atoms with E-state index in [-0.39, 0.29) is 6.10 Å². The summed E-state index contributed by atoms with van der Waals surface area (Å²) >= 11 is 0. The quantitative estimate of drug-likeness (QED) is 0.935. The lowest BCUT2D eigenvalue weighted by Crippen LogP contribution is -2.43. The fraction of sp³-hybridized carbons (Fsp3) is 0.438. The van der Waals surface area contributed by atoms with Crippen molar-refractivity contribution in [1.82, 2.24) is 9.47 Å². The lowest BCUT2D eigenvalue weighted by atomic mass is 10.1. The Kier molecular flexibility index (Phi) is 3.94. The van der Waals surface area contributed by atoms with Gasteiger partial charge in [-0.2, -0.15) is 0 Å². The normalized spacial score (nSPS) is 20.0. The molecule has 1 aromatic carbocycles. The monoisotopic (exact) mass is 288 g/mol. The highest BCUT2D eigenvalue weighted by Gasteiger charge is 2.20. The number of rotatable bonds is 4. The van der Waals surface area contributed by atoms with Crippen LogP contribution in [0.25, 0.3) is 10.9 Å². The van der Waals surface area contributed by atoms with Crippen molar-refractivity contribution in [3.8, 4) is 0 Å². The highest BCUT2D eigenvalue weighted by atomic mass is 16.5. The Balaban J connectivity index is 1.79. The Bertz CT molecular complexity index is 650. The summed E-state index contributed by atoms with van der Waals surface area (Å²) in [5.74, 6) is -0.890. The van der Waals surface area contributed by atoms with Gasteiger partial charge in [-0.15, -0.1) is 0 Å². The number of carboxylic acids is 1. The standard InChI is InChI=1S/C16H20N2O3/c1-2-17-7-8-21-14(10-17)11-18-6-5-12-9-13(16(19)20)3-4-15(12)18/h3-6,9,14H,2,7-8,10-11H2,1H3,(H,19,20). The van der Waals surface area contributed by atoms with Gasteiger partial charge >= 0.3 is 5.97 Å². The number of carboxylic acid groups (broad SMARTS) is 1. The van der Waals surface area contributed by atoms with E-state index in [4.69, 9.17) is 9.84 Å². The van der Waals surface area contributed by atoms with Gasteiger partial charge in [-0.05, 0) is 30.8 Å². The molecule has 0 spiro atoms. The molecule has 5 nitrogen and oxygen atoms in total. The minimum absolute atomic E-state index is 0.188. The average molecular weight is 288 g/mol.